The fourth-order valence-electron chi connectivity index (χ4n) is 3.52. The highest BCUT2D eigenvalue weighted by Gasteiger charge is 2.13. The van der Waals surface area contributed by atoms with E-state index < -0.39 is 5.82 Å². The predicted molar refractivity (Wildman–Crippen MR) is 138 cm³/mol. The number of nitrogens with zero attached hydrogens (tertiary/aromatic N) is 1. The molecular weight excluding hydrogens is 465 g/mol. The first-order valence-electron chi connectivity index (χ1n) is 11.0. The summed E-state index contributed by atoms with van der Waals surface area (Å²) < 4.78 is 41.2. The zero-order valence-electron chi connectivity index (χ0n) is 20.8. The molecule has 0 aliphatic rings. The minimum Gasteiger partial charge on any atom is -0.497 e. The maximum atomic E-state index is 14.7. The molecule has 188 valence electrons. The van der Waals surface area contributed by atoms with Crippen LogP contribution in [0.1, 0.15) is 27.9 Å². The molecule has 0 radical (unpaired) electrons. The molecule has 0 amide bonds. The van der Waals surface area contributed by atoms with Crippen molar-refractivity contribution >= 4 is 29.8 Å². The second kappa shape index (κ2) is 12.4. The van der Waals surface area contributed by atoms with Gasteiger partial charge in [-0.15, -0.1) is 0 Å². The van der Waals surface area contributed by atoms with Gasteiger partial charge in [0, 0.05) is 18.2 Å². The molecule has 3 aromatic carbocycles. The van der Waals surface area contributed by atoms with Crippen molar-refractivity contribution in [1.29, 1.82) is 0 Å². The van der Waals surface area contributed by atoms with Crippen LogP contribution in [-0.2, 0) is 0 Å². The van der Waals surface area contributed by atoms with Crippen LogP contribution in [0.5, 0.6) is 28.7 Å². The Balaban J connectivity index is 1.85. The van der Waals surface area contributed by atoms with E-state index in [9.17, 15) is 9.18 Å². The number of rotatable bonds is 11. The summed E-state index contributed by atoms with van der Waals surface area (Å²) in [5, 5.41) is 0. The summed E-state index contributed by atoms with van der Waals surface area (Å²) in [5.41, 5.74) is 2.07. The summed E-state index contributed by atoms with van der Waals surface area (Å²) >= 11 is 0. The molecule has 0 bridgehead atoms. The van der Waals surface area contributed by atoms with E-state index in [1.54, 1.807) is 54.6 Å². The van der Waals surface area contributed by atoms with Crippen molar-refractivity contribution in [3.05, 3.63) is 71.0 Å². The van der Waals surface area contributed by atoms with Gasteiger partial charge in [-0.2, -0.15) is 0 Å². The first-order valence-corrected chi connectivity index (χ1v) is 11.0. The number of ether oxygens (including phenoxy) is 5. The largest absolute Gasteiger partial charge is 0.497 e. The predicted octanol–water partition coefficient (Wildman–Crippen LogP) is 6.01. The maximum absolute atomic E-state index is 14.7. The number of ketones is 1. The summed E-state index contributed by atoms with van der Waals surface area (Å²) in [6.45, 7) is 0. The lowest BCUT2D eigenvalue weighted by atomic mass is 10.1. The van der Waals surface area contributed by atoms with Crippen LogP contribution >= 0.6 is 0 Å². The van der Waals surface area contributed by atoms with Crippen LogP contribution in [-0.4, -0.2) is 47.5 Å². The topological polar surface area (TPSA) is 75.6 Å². The summed E-state index contributed by atoms with van der Waals surface area (Å²) in [6, 6.07) is 13.4. The van der Waals surface area contributed by atoms with Crippen molar-refractivity contribution in [3.8, 4) is 28.7 Å². The molecule has 0 spiro atoms. The van der Waals surface area contributed by atoms with E-state index in [0.29, 0.717) is 34.1 Å². The minimum absolute atomic E-state index is 0.00925. The van der Waals surface area contributed by atoms with Gasteiger partial charge < -0.3 is 23.7 Å². The Kier molecular flexibility index (Phi) is 9.05. The number of aliphatic imine (C=N–C) groups is 1. The molecule has 0 aliphatic carbocycles. The molecule has 0 atom stereocenters. The number of halogens is 1. The van der Waals surface area contributed by atoms with Crippen LogP contribution in [0.15, 0.2) is 53.5 Å². The summed E-state index contributed by atoms with van der Waals surface area (Å²) in [6.07, 6.45) is 4.98. The number of carbonyl (C=O) groups excluding carboxylic acids is 1. The highest BCUT2D eigenvalue weighted by molar-refractivity contribution is 6.04. The lowest BCUT2D eigenvalue weighted by Gasteiger charge is -2.13. The van der Waals surface area contributed by atoms with Gasteiger partial charge >= 0.3 is 0 Å². The third-order valence-electron chi connectivity index (χ3n) is 5.30. The highest BCUT2D eigenvalue weighted by atomic mass is 19.1. The van der Waals surface area contributed by atoms with Crippen molar-refractivity contribution in [3.63, 3.8) is 0 Å². The number of hydrogen-bond acceptors (Lipinski definition) is 7. The molecule has 7 nitrogen and oxygen atoms in total. The third-order valence-corrected chi connectivity index (χ3v) is 5.30. The average molecular weight is 494 g/mol. The van der Waals surface area contributed by atoms with Crippen molar-refractivity contribution < 1.29 is 32.9 Å². The fourth-order valence-corrected chi connectivity index (χ4v) is 3.52. The molecule has 0 unspecified atom stereocenters. The standard InChI is InChI=1S/C28H28FNO6/c1-32-21-8-6-7-20(17-21)24(31)11-12-30-23-14-18(13-22(29)27(23)35-4)9-10-19-15-25(33-2)28(36-5)26(16-19)34-3/h6-10,12-17H,11H2,1-5H3/b10-9-,30-12?. The molecule has 0 saturated carbocycles. The second-order valence-corrected chi connectivity index (χ2v) is 7.52. The van der Waals surface area contributed by atoms with Crippen molar-refractivity contribution in [2.24, 2.45) is 4.99 Å². The van der Waals surface area contributed by atoms with Gasteiger partial charge in [-0.3, -0.25) is 9.79 Å². The van der Waals surface area contributed by atoms with Crippen LogP contribution in [0.25, 0.3) is 12.2 Å². The first kappa shape index (κ1) is 26.3. The van der Waals surface area contributed by atoms with E-state index in [-0.39, 0.29) is 23.6 Å². The molecule has 0 aromatic heterocycles. The van der Waals surface area contributed by atoms with Gasteiger partial charge in [-0.05, 0) is 47.5 Å². The Bertz CT molecular complexity index is 1260. The molecule has 0 fully saturated rings. The molecular formula is C28H28FNO6. The molecule has 3 rings (SSSR count). The lowest BCUT2D eigenvalue weighted by Crippen LogP contribution is -2.00. The molecule has 0 aliphatic heterocycles. The Labute approximate surface area is 209 Å². The van der Waals surface area contributed by atoms with Crippen molar-refractivity contribution in [1.82, 2.24) is 0 Å². The monoisotopic (exact) mass is 493 g/mol. The van der Waals surface area contributed by atoms with Gasteiger partial charge in [0.25, 0.3) is 0 Å². The van der Waals surface area contributed by atoms with E-state index in [1.165, 1.54) is 47.8 Å². The second-order valence-electron chi connectivity index (χ2n) is 7.52. The van der Waals surface area contributed by atoms with Crippen molar-refractivity contribution in [2.75, 3.05) is 35.5 Å². The molecule has 0 saturated heterocycles. The molecule has 8 heteroatoms. The van der Waals surface area contributed by atoms with Crippen LogP contribution < -0.4 is 23.7 Å². The zero-order valence-corrected chi connectivity index (χ0v) is 20.8. The molecule has 0 heterocycles. The van der Waals surface area contributed by atoms with Crippen LogP contribution in [0.2, 0.25) is 0 Å². The van der Waals surface area contributed by atoms with E-state index in [2.05, 4.69) is 4.99 Å². The zero-order chi connectivity index (χ0) is 26.1. The lowest BCUT2D eigenvalue weighted by molar-refractivity contribution is 0.100. The normalized spacial score (nSPS) is 11.1. The number of hydrogen-bond donors (Lipinski definition) is 0. The number of Topliss-reactive ketones (excluding diaryl/α,β-unsaturated/α-hetero) is 1. The van der Waals surface area contributed by atoms with E-state index >= 15 is 0 Å². The van der Waals surface area contributed by atoms with Crippen LogP contribution in [0.3, 0.4) is 0 Å². The van der Waals surface area contributed by atoms with Gasteiger partial charge in [0.05, 0.1) is 35.5 Å². The highest BCUT2D eigenvalue weighted by Crippen LogP contribution is 2.39. The molecule has 0 N–H and O–H groups in total. The van der Waals surface area contributed by atoms with Crippen molar-refractivity contribution in [2.45, 2.75) is 6.42 Å². The van der Waals surface area contributed by atoms with Gasteiger partial charge in [-0.25, -0.2) is 4.39 Å². The Morgan fingerprint density at radius 1 is 0.806 bits per heavy atom. The summed E-state index contributed by atoms with van der Waals surface area (Å²) in [5.74, 6) is 1.35. The number of methoxy groups -OCH3 is 5. The van der Waals surface area contributed by atoms with Crippen LogP contribution in [0.4, 0.5) is 10.1 Å². The molecule has 3 aromatic rings. The summed E-state index contributed by atoms with van der Waals surface area (Å²) in [7, 11) is 7.50. The average Bonchev–Trinajstić information content (AvgIpc) is 2.90. The SMILES string of the molecule is COc1cccc(C(=O)CC=Nc2cc(/C=C\c3cc(OC)c(OC)c(OC)c3)cc(F)c2OC)c1. The van der Waals surface area contributed by atoms with Gasteiger partial charge in [0.15, 0.2) is 28.8 Å². The fraction of sp³-hybridized carbons (Fsp3) is 0.214. The van der Waals surface area contributed by atoms with Gasteiger partial charge in [0.2, 0.25) is 5.75 Å². The first-order chi connectivity index (χ1) is 17.4. The number of benzene rings is 3. The Hall–Kier alpha value is -4.33. The smallest absolute Gasteiger partial charge is 0.203 e. The van der Waals surface area contributed by atoms with E-state index in [0.717, 1.165) is 5.56 Å². The Morgan fingerprint density at radius 3 is 2.03 bits per heavy atom. The quantitative estimate of drug-likeness (QED) is 0.185. The Morgan fingerprint density at radius 2 is 1.44 bits per heavy atom. The number of carbonyl (C=O) groups is 1. The molecule has 36 heavy (non-hydrogen) atoms. The van der Waals surface area contributed by atoms with E-state index in [1.807, 2.05) is 0 Å². The van der Waals surface area contributed by atoms with Gasteiger partial charge in [0.1, 0.15) is 11.4 Å². The summed E-state index contributed by atoms with van der Waals surface area (Å²) in [4.78, 5) is 16.8. The van der Waals surface area contributed by atoms with Gasteiger partial charge in [-0.1, -0.05) is 24.3 Å². The van der Waals surface area contributed by atoms with Crippen LogP contribution in [0, 0.1) is 5.82 Å². The third kappa shape index (κ3) is 6.21. The van der Waals surface area contributed by atoms with E-state index in [4.69, 9.17) is 23.7 Å². The minimum atomic E-state index is -0.573. The maximum Gasteiger partial charge on any atom is 0.203 e.